The highest BCUT2D eigenvalue weighted by Crippen LogP contribution is 2.25. The second-order valence-corrected chi connectivity index (χ2v) is 5.99. The number of amides is 1. The van der Waals surface area contributed by atoms with Crippen molar-refractivity contribution in [2.75, 3.05) is 13.1 Å². The molecule has 1 aromatic heterocycles. The zero-order valence-corrected chi connectivity index (χ0v) is 14.3. The van der Waals surface area contributed by atoms with E-state index in [2.05, 4.69) is 35.9 Å². The molecule has 0 spiro atoms. The molecule has 0 aliphatic carbocycles. The minimum absolute atomic E-state index is 0.00151. The summed E-state index contributed by atoms with van der Waals surface area (Å²) in [6.07, 6.45) is 1.85. The van der Waals surface area contributed by atoms with Gasteiger partial charge in [0.1, 0.15) is 0 Å². The fraction of sp³-hybridized carbons (Fsp3) is 0.421. The van der Waals surface area contributed by atoms with Crippen LogP contribution in [0.5, 0.6) is 0 Å². The third-order valence-corrected chi connectivity index (χ3v) is 4.31. The predicted molar refractivity (Wildman–Crippen MR) is 94.8 cm³/mol. The summed E-state index contributed by atoms with van der Waals surface area (Å²) in [5.74, 6) is 0.00151. The molecule has 1 amide bonds. The molecule has 0 radical (unpaired) electrons. The average Bonchev–Trinajstić information content (AvgIpc) is 2.86. The molecule has 0 saturated carbocycles. The van der Waals surface area contributed by atoms with Crippen molar-refractivity contribution in [1.29, 1.82) is 0 Å². The maximum Gasteiger partial charge on any atom is 0.253 e. The summed E-state index contributed by atoms with van der Waals surface area (Å²) < 4.78 is 2.23. The van der Waals surface area contributed by atoms with Gasteiger partial charge in [0.15, 0.2) is 0 Å². The SMILES string of the molecule is Cc1cc(C(=O)NCCCCN)c(C)n1C(C)c1ccccc1. The second-order valence-electron chi connectivity index (χ2n) is 5.99. The Morgan fingerprint density at radius 3 is 2.57 bits per heavy atom. The molecule has 1 atom stereocenters. The molecule has 1 heterocycles. The molecule has 2 aromatic rings. The molecule has 0 aliphatic heterocycles. The molecule has 3 N–H and O–H groups in total. The molecule has 2 rings (SSSR count). The molecule has 23 heavy (non-hydrogen) atoms. The Hall–Kier alpha value is -2.07. The molecule has 124 valence electrons. The largest absolute Gasteiger partial charge is 0.352 e. The highest BCUT2D eigenvalue weighted by molar-refractivity contribution is 5.95. The van der Waals surface area contributed by atoms with Gasteiger partial charge in [-0.2, -0.15) is 0 Å². The van der Waals surface area contributed by atoms with E-state index >= 15 is 0 Å². The number of unbranched alkanes of at least 4 members (excludes halogenated alkanes) is 1. The number of aryl methyl sites for hydroxylation is 1. The van der Waals surface area contributed by atoms with Gasteiger partial charge in [-0.3, -0.25) is 4.79 Å². The van der Waals surface area contributed by atoms with Gasteiger partial charge in [0.05, 0.1) is 11.6 Å². The fourth-order valence-electron chi connectivity index (χ4n) is 3.05. The zero-order chi connectivity index (χ0) is 16.8. The average molecular weight is 313 g/mol. The lowest BCUT2D eigenvalue weighted by Gasteiger charge is -2.19. The van der Waals surface area contributed by atoms with Gasteiger partial charge in [-0.1, -0.05) is 30.3 Å². The molecule has 1 aromatic carbocycles. The lowest BCUT2D eigenvalue weighted by molar-refractivity contribution is 0.0952. The van der Waals surface area contributed by atoms with Crippen molar-refractivity contribution in [2.45, 2.75) is 39.7 Å². The molecule has 0 bridgehead atoms. The van der Waals surface area contributed by atoms with Crippen molar-refractivity contribution >= 4 is 5.91 Å². The maximum absolute atomic E-state index is 12.4. The van der Waals surface area contributed by atoms with Gasteiger partial charge in [0.2, 0.25) is 0 Å². The fourth-order valence-corrected chi connectivity index (χ4v) is 3.05. The van der Waals surface area contributed by atoms with E-state index in [4.69, 9.17) is 5.73 Å². The number of nitrogens with zero attached hydrogens (tertiary/aromatic N) is 1. The summed E-state index contributed by atoms with van der Waals surface area (Å²) in [6, 6.07) is 12.5. The van der Waals surface area contributed by atoms with Gasteiger partial charge in [0, 0.05) is 17.9 Å². The zero-order valence-electron chi connectivity index (χ0n) is 14.3. The van der Waals surface area contributed by atoms with E-state index in [0.29, 0.717) is 13.1 Å². The summed E-state index contributed by atoms with van der Waals surface area (Å²) in [7, 11) is 0. The smallest absolute Gasteiger partial charge is 0.253 e. The van der Waals surface area contributed by atoms with E-state index in [1.165, 1.54) is 5.56 Å². The van der Waals surface area contributed by atoms with Crippen LogP contribution in [0.2, 0.25) is 0 Å². The Balaban J connectivity index is 2.17. The number of carbonyl (C=O) groups excluding carboxylic acids is 1. The number of nitrogens with two attached hydrogens (primary N) is 1. The van der Waals surface area contributed by atoms with Crippen LogP contribution in [0.15, 0.2) is 36.4 Å². The Morgan fingerprint density at radius 1 is 1.22 bits per heavy atom. The molecule has 1 unspecified atom stereocenters. The molecule has 4 heteroatoms. The van der Waals surface area contributed by atoms with Crippen LogP contribution in [0.1, 0.15) is 53.1 Å². The van der Waals surface area contributed by atoms with E-state index < -0.39 is 0 Å². The lowest BCUT2D eigenvalue weighted by Crippen LogP contribution is -2.25. The first-order valence-corrected chi connectivity index (χ1v) is 8.28. The van der Waals surface area contributed by atoms with Crippen LogP contribution in [-0.2, 0) is 0 Å². The first kappa shape index (κ1) is 17.3. The highest BCUT2D eigenvalue weighted by atomic mass is 16.1. The van der Waals surface area contributed by atoms with Crippen molar-refractivity contribution in [2.24, 2.45) is 5.73 Å². The van der Waals surface area contributed by atoms with Crippen LogP contribution in [0.3, 0.4) is 0 Å². The predicted octanol–water partition coefficient (Wildman–Crippen LogP) is 3.18. The van der Waals surface area contributed by atoms with Crippen molar-refractivity contribution < 1.29 is 4.79 Å². The monoisotopic (exact) mass is 313 g/mol. The second kappa shape index (κ2) is 7.97. The van der Waals surface area contributed by atoms with E-state index in [1.807, 2.05) is 31.2 Å². The molecule has 0 fully saturated rings. The first-order chi connectivity index (χ1) is 11.1. The number of rotatable bonds is 7. The number of nitrogens with one attached hydrogen (secondary N) is 1. The van der Waals surface area contributed by atoms with E-state index in [-0.39, 0.29) is 11.9 Å². The van der Waals surface area contributed by atoms with E-state index in [9.17, 15) is 4.79 Å². The number of benzene rings is 1. The molecule has 4 nitrogen and oxygen atoms in total. The van der Waals surface area contributed by atoms with Gasteiger partial charge >= 0.3 is 0 Å². The quantitative estimate of drug-likeness (QED) is 0.771. The number of hydrogen-bond donors (Lipinski definition) is 2. The van der Waals surface area contributed by atoms with Crippen molar-refractivity contribution in [3.63, 3.8) is 0 Å². The molecular formula is C19H27N3O. The Kier molecular flexibility index (Phi) is 5.99. The number of carbonyl (C=O) groups is 1. The molecular weight excluding hydrogens is 286 g/mol. The van der Waals surface area contributed by atoms with Gasteiger partial charge in [-0.05, 0) is 51.8 Å². The Bertz CT molecular complexity index is 646. The topological polar surface area (TPSA) is 60.1 Å². The van der Waals surface area contributed by atoms with Crippen LogP contribution in [0, 0.1) is 13.8 Å². The normalized spacial score (nSPS) is 12.2. The molecule has 0 saturated heterocycles. The summed E-state index contributed by atoms with van der Waals surface area (Å²) in [5, 5.41) is 2.99. The summed E-state index contributed by atoms with van der Waals surface area (Å²) in [6.45, 7) is 7.57. The standard InChI is InChI=1S/C19H27N3O/c1-14-13-18(19(23)21-12-8-7-11-20)16(3)22(14)15(2)17-9-5-4-6-10-17/h4-6,9-10,13,15H,7-8,11-12,20H2,1-3H3,(H,21,23). The van der Waals surface area contributed by atoms with E-state index in [0.717, 1.165) is 29.8 Å². The van der Waals surface area contributed by atoms with Crippen molar-refractivity contribution in [1.82, 2.24) is 9.88 Å². The lowest BCUT2D eigenvalue weighted by atomic mass is 10.1. The van der Waals surface area contributed by atoms with Crippen LogP contribution in [0.25, 0.3) is 0 Å². The van der Waals surface area contributed by atoms with Crippen LogP contribution in [0.4, 0.5) is 0 Å². The number of aromatic nitrogens is 1. The van der Waals surface area contributed by atoms with Crippen LogP contribution < -0.4 is 11.1 Å². The maximum atomic E-state index is 12.4. The minimum atomic E-state index is 0.00151. The highest BCUT2D eigenvalue weighted by Gasteiger charge is 2.19. The minimum Gasteiger partial charge on any atom is -0.352 e. The third-order valence-electron chi connectivity index (χ3n) is 4.31. The van der Waals surface area contributed by atoms with Gasteiger partial charge in [0.25, 0.3) is 5.91 Å². The van der Waals surface area contributed by atoms with Gasteiger partial charge in [-0.25, -0.2) is 0 Å². The van der Waals surface area contributed by atoms with E-state index in [1.54, 1.807) is 0 Å². The summed E-state index contributed by atoms with van der Waals surface area (Å²) >= 11 is 0. The Labute approximate surface area is 138 Å². The summed E-state index contributed by atoms with van der Waals surface area (Å²) in [5.41, 5.74) is 9.59. The van der Waals surface area contributed by atoms with Crippen LogP contribution >= 0.6 is 0 Å². The first-order valence-electron chi connectivity index (χ1n) is 8.28. The molecule has 0 aliphatic rings. The number of hydrogen-bond acceptors (Lipinski definition) is 2. The summed E-state index contributed by atoms with van der Waals surface area (Å²) in [4.78, 5) is 12.4. The van der Waals surface area contributed by atoms with Crippen LogP contribution in [-0.4, -0.2) is 23.6 Å². The van der Waals surface area contributed by atoms with Crippen molar-refractivity contribution in [3.05, 3.63) is 58.9 Å². The Morgan fingerprint density at radius 2 is 1.91 bits per heavy atom. The van der Waals surface area contributed by atoms with Gasteiger partial charge in [-0.15, -0.1) is 0 Å². The van der Waals surface area contributed by atoms with Gasteiger partial charge < -0.3 is 15.6 Å². The third kappa shape index (κ3) is 4.02. The van der Waals surface area contributed by atoms with Crippen molar-refractivity contribution in [3.8, 4) is 0 Å².